The summed E-state index contributed by atoms with van der Waals surface area (Å²) in [5.74, 6) is 0.918. The van der Waals surface area contributed by atoms with Gasteiger partial charge in [0.25, 0.3) is 0 Å². The lowest BCUT2D eigenvalue weighted by atomic mass is 10.0. The van der Waals surface area contributed by atoms with Crippen molar-refractivity contribution >= 4 is 32.6 Å². The lowest BCUT2D eigenvalue weighted by Crippen LogP contribution is -1.82. The SMILES string of the molecule is c1ccc2cc3cc(-c4nc5ccccc5[nH]4)ccc3cc2c1. The smallest absolute Gasteiger partial charge is 0.138 e. The molecule has 0 spiro atoms. The molecule has 0 saturated heterocycles. The van der Waals surface area contributed by atoms with E-state index < -0.39 is 0 Å². The number of nitrogens with one attached hydrogen (secondary N) is 1. The van der Waals surface area contributed by atoms with Crippen LogP contribution >= 0.6 is 0 Å². The predicted octanol–water partition coefficient (Wildman–Crippen LogP) is 5.54. The lowest BCUT2D eigenvalue weighted by molar-refractivity contribution is 1.34. The number of rotatable bonds is 1. The molecule has 0 radical (unpaired) electrons. The highest BCUT2D eigenvalue weighted by Crippen LogP contribution is 2.27. The molecule has 5 rings (SSSR count). The van der Waals surface area contributed by atoms with Gasteiger partial charge in [0, 0.05) is 5.56 Å². The number of aromatic amines is 1. The van der Waals surface area contributed by atoms with E-state index >= 15 is 0 Å². The van der Waals surface area contributed by atoms with Crippen molar-refractivity contribution < 1.29 is 0 Å². The first kappa shape index (κ1) is 12.4. The van der Waals surface area contributed by atoms with Gasteiger partial charge in [-0.3, -0.25) is 0 Å². The topological polar surface area (TPSA) is 28.7 Å². The van der Waals surface area contributed by atoms with Crippen molar-refractivity contribution in [1.82, 2.24) is 9.97 Å². The van der Waals surface area contributed by atoms with E-state index in [1.165, 1.54) is 21.5 Å². The van der Waals surface area contributed by atoms with E-state index in [1.807, 2.05) is 18.2 Å². The van der Waals surface area contributed by atoms with Gasteiger partial charge in [-0.25, -0.2) is 4.98 Å². The minimum atomic E-state index is 0.918. The van der Waals surface area contributed by atoms with Gasteiger partial charge in [-0.15, -0.1) is 0 Å². The molecular formula is C21H14N2. The highest BCUT2D eigenvalue weighted by molar-refractivity contribution is 5.99. The van der Waals surface area contributed by atoms with Crippen LogP contribution in [0, 0.1) is 0 Å². The number of hydrogen-bond donors (Lipinski definition) is 1. The summed E-state index contributed by atoms with van der Waals surface area (Å²) in [6.07, 6.45) is 0. The van der Waals surface area contributed by atoms with E-state index in [2.05, 4.69) is 65.6 Å². The third-order valence-corrected chi connectivity index (χ3v) is 4.37. The van der Waals surface area contributed by atoms with Crippen LogP contribution in [0.15, 0.2) is 78.9 Å². The fourth-order valence-electron chi connectivity index (χ4n) is 3.18. The first-order chi connectivity index (χ1) is 11.4. The zero-order valence-electron chi connectivity index (χ0n) is 12.5. The minimum absolute atomic E-state index is 0.918. The molecule has 0 amide bonds. The highest BCUT2D eigenvalue weighted by atomic mass is 14.9. The molecule has 1 heterocycles. The molecule has 5 aromatic rings. The number of para-hydroxylation sites is 2. The molecule has 108 valence electrons. The van der Waals surface area contributed by atoms with Crippen LogP contribution < -0.4 is 0 Å². The highest BCUT2D eigenvalue weighted by Gasteiger charge is 2.06. The molecule has 0 aliphatic carbocycles. The first-order valence-corrected chi connectivity index (χ1v) is 7.74. The summed E-state index contributed by atoms with van der Waals surface area (Å²) in [5, 5.41) is 5.03. The van der Waals surface area contributed by atoms with Crippen LogP contribution in [0.3, 0.4) is 0 Å². The third-order valence-electron chi connectivity index (χ3n) is 4.37. The fourth-order valence-corrected chi connectivity index (χ4v) is 3.18. The van der Waals surface area contributed by atoms with Gasteiger partial charge in [0.15, 0.2) is 0 Å². The Labute approximate surface area is 133 Å². The zero-order chi connectivity index (χ0) is 15.2. The van der Waals surface area contributed by atoms with E-state index in [9.17, 15) is 0 Å². The average Bonchev–Trinajstić information content (AvgIpc) is 3.03. The van der Waals surface area contributed by atoms with Gasteiger partial charge in [-0.05, 0) is 51.9 Å². The van der Waals surface area contributed by atoms with Crippen LogP contribution in [-0.4, -0.2) is 9.97 Å². The summed E-state index contributed by atoms with van der Waals surface area (Å²) >= 11 is 0. The fraction of sp³-hybridized carbons (Fsp3) is 0. The summed E-state index contributed by atoms with van der Waals surface area (Å²) in [5.41, 5.74) is 3.19. The summed E-state index contributed by atoms with van der Waals surface area (Å²) in [6, 6.07) is 27.6. The van der Waals surface area contributed by atoms with Crippen molar-refractivity contribution in [3.63, 3.8) is 0 Å². The van der Waals surface area contributed by atoms with Crippen molar-refractivity contribution in [3.8, 4) is 11.4 Å². The molecule has 0 aliphatic heterocycles. The molecular weight excluding hydrogens is 280 g/mol. The van der Waals surface area contributed by atoms with Crippen LogP contribution in [0.25, 0.3) is 44.0 Å². The Morgan fingerprint density at radius 1 is 0.609 bits per heavy atom. The number of benzene rings is 4. The minimum Gasteiger partial charge on any atom is -0.338 e. The monoisotopic (exact) mass is 294 g/mol. The standard InChI is InChI=1S/C21H14N2/c1-2-6-15-12-18-13-17(10-9-16(18)11-14(15)5-1)21-22-19-7-3-4-8-20(19)23-21/h1-13H,(H,22,23). The van der Waals surface area contributed by atoms with Crippen molar-refractivity contribution in [2.24, 2.45) is 0 Å². The lowest BCUT2D eigenvalue weighted by Gasteiger charge is -2.04. The van der Waals surface area contributed by atoms with Crippen LogP contribution in [0.4, 0.5) is 0 Å². The van der Waals surface area contributed by atoms with E-state index in [0.717, 1.165) is 22.4 Å². The zero-order valence-corrected chi connectivity index (χ0v) is 12.5. The Morgan fingerprint density at radius 2 is 1.30 bits per heavy atom. The maximum atomic E-state index is 4.70. The van der Waals surface area contributed by atoms with Crippen LogP contribution in [-0.2, 0) is 0 Å². The van der Waals surface area contributed by atoms with Crippen LogP contribution in [0.1, 0.15) is 0 Å². The summed E-state index contributed by atoms with van der Waals surface area (Å²) in [4.78, 5) is 8.10. The molecule has 1 aromatic heterocycles. The molecule has 0 unspecified atom stereocenters. The molecule has 2 heteroatoms. The second kappa shape index (κ2) is 4.68. The van der Waals surface area contributed by atoms with E-state index in [-0.39, 0.29) is 0 Å². The molecule has 0 saturated carbocycles. The number of hydrogen-bond acceptors (Lipinski definition) is 1. The quantitative estimate of drug-likeness (QED) is 0.404. The van der Waals surface area contributed by atoms with Crippen molar-refractivity contribution in [2.45, 2.75) is 0 Å². The number of fused-ring (bicyclic) bond motifs is 3. The molecule has 2 nitrogen and oxygen atoms in total. The Kier molecular flexibility index (Phi) is 2.53. The molecule has 23 heavy (non-hydrogen) atoms. The molecule has 1 N–H and O–H groups in total. The summed E-state index contributed by atoms with van der Waals surface area (Å²) in [7, 11) is 0. The van der Waals surface area contributed by atoms with Gasteiger partial charge >= 0.3 is 0 Å². The molecule has 0 fully saturated rings. The van der Waals surface area contributed by atoms with E-state index in [0.29, 0.717) is 0 Å². The number of aromatic nitrogens is 2. The normalized spacial score (nSPS) is 11.5. The summed E-state index contributed by atoms with van der Waals surface area (Å²) in [6.45, 7) is 0. The maximum Gasteiger partial charge on any atom is 0.138 e. The largest absolute Gasteiger partial charge is 0.338 e. The second-order valence-corrected chi connectivity index (χ2v) is 5.86. The van der Waals surface area contributed by atoms with Gasteiger partial charge in [0.2, 0.25) is 0 Å². The Bertz CT molecular complexity index is 1140. The van der Waals surface area contributed by atoms with Gasteiger partial charge in [0.05, 0.1) is 11.0 Å². The molecule has 0 atom stereocenters. The van der Waals surface area contributed by atoms with Gasteiger partial charge in [0.1, 0.15) is 5.82 Å². The van der Waals surface area contributed by atoms with Crippen molar-refractivity contribution in [2.75, 3.05) is 0 Å². The van der Waals surface area contributed by atoms with Crippen molar-refractivity contribution in [1.29, 1.82) is 0 Å². The van der Waals surface area contributed by atoms with Gasteiger partial charge in [-0.2, -0.15) is 0 Å². The molecule has 0 aliphatic rings. The molecule has 0 bridgehead atoms. The number of nitrogens with zero attached hydrogens (tertiary/aromatic N) is 1. The number of imidazole rings is 1. The predicted molar refractivity (Wildman–Crippen MR) is 96.5 cm³/mol. The molecule has 4 aromatic carbocycles. The maximum absolute atomic E-state index is 4.70. The second-order valence-electron chi connectivity index (χ2n) is 5.86. The Hall–Kier alpha value is -3.13. The average molecular weight is 294 g/mol. The van der Waals surface area contributed by atoms with Crippen molar-refractivity contribution in [3.05, 3.63) is 78.9 Å². The van der Waals surface area contributed by atoms with E-state index in [4.69, 9.17) is 4.98 Å². The van der Waals surface area contributed by atoms with Gasteiger partial charge < -0.3 is 4.98 Å². The van der Waals surface area contributed by atoms with E-state index in [1.54, 1.807) is 0 Å². The Morgan fingerprint density at radius 3 is 2.13 bits per heavy atom. The summed E-state index contributed by atoms with van der Waals surface area (Å²) < 4.78 is 0. The Balaban J connectivity index is 1.73. The van der Waals surface area contributed by atoms with Crippen LogP contribution in [0.2, 0.25) is 0 Å². The van der Waals surface area contributed by atoms with Gasteiger partial charge in [-0.1, -0.05) is 48.5 Å². The number of H-pyrrole nitrogens is 1. The van der Waals surface area contributed by atoms with Crippen LogP contribution in [0.5, 0.6) is 0 Å². The first-order valence-electron chi connectivity index (χ1n) is 7.74. The third kappa shape index (κ3) is 2.00.